The number of carbonyl (C=O) groups is 2. The van der Waals surface area contributed by atoms with Crippen molar-refractivity contribution in [1.82, 2.24) is 10.1 Å². The molecule has 0 aliphatic carbocycles. The van der Waals surface area contributed by atoms with E-state index in [9.17, 15) is 9.59 Å². The molecule has 0 fully saturated rings. The fourth-order valence-corrected chi connectivity index (χ4v) is 2.58. The van der Waals surface area contributed by atoms with Gasteiger partial charge >= 0.3 is 0 Å². The van der Waals surface area contributed by atoms with Gasteiger partial charge in [0.15, 0.2) is 5.82 Å². The Balaban J connectivity index is 2.01. The van der Waals surface area contributed by atoms with Crippen molar-refractivity contribution in [2.24, 2.45) is 0 Å². The molecule has 1 aromatic carbocycles. The van der Waals surface area contributed by atoms with Crippen LogP contribution in [-0.4, -0.2) is 21.8 Å². The third-order valence-electron chi connectivity index (χ3n) is 3.54. The Hall–Kier alpha value is -2.50. The fraction of sp³-hybridized carbons (Fsp3) is 0.333. The highest BCUT2D eigenvalue weighted by molar-refractivity contribution is 6.52. The third kappa shape index (κ3) is 2.12. The molecule has 1 aliphatic rings. The summed E-state index contributed by atoms with van der Waals surface area (Å²) in [5.41, 5.74) is 2.91. The first kappa shape index (κ1) is 13.5. The number of ketones is 1. The van der Waals surface area contributed by atoms with Gasteiger partial charge in [0.1, 0.15) is 6.54 Å². The number of aryl methyl sites for hydroxylation is 3. The van der Waals surface area contributed by atoms with E-state index >= 15 is 0 Å². The zero-order valence-corrected chi connectivity index (χ0v) is 12.1. The van der Waals surface area contributed by atoms with Crippen LogP contribution in [0, 0.1) is 13.8 Å². The van der Waals surface area contributed by atoms with Gasteiger partial charge in [-0.25, -0.2) is 0 Å². The molecule has 21 heavy (non-hydrogen) atoms. The Morgan fingerprint density at radius 2 is 2.00 bits per heavy atom. The van der Waals surface area contributed by atoms with Crippen LogP contribution in [0.5, 0.6) is 0 Å². The summed E-state index contributed by atoms with van der Waals surface area (Å²) in [6.07, 6.45) is 0.658. The molecule has 0 saturated heterocycles. The zero-order valence-electron chi connectivity index (χ0n) is 12.1. The van der Waals surface area contributed by atoms with Crippen LogP contribution in [0.2, 0.25) is 0 Å². The molecule has 2 heterocycles. The van der Waals surface area contributed by atoms with Gasteiger partial charge in [-0.1, -0.05) is 18.1 Å². The fourth-order valence-electron chi connectivity index (χ4n) is 2.58. The van der Waals surface area contributed by atoms with Gasteiger partial charge < -0.3 is 4.52 Å². The Morgan fingerprint density at radius 3 is 2.67 bits per heavy atom. The molecule has 6 heteroatoms. The Labute approximate surface area is 121 Å². The number of nitrogens with zero attached hydrogens (tertiary/aromatic N) is 3. The van der Waals surface area contributed by atoms with Crippen molar-refractivity contribution in [3.63, 3.8) is 0 Å². The molecule has 1 aromatic heterocycles. The van der Waals surface area contributed by atoms with E-state index in [0.29, 0.717) is 29.4 Å². The van der Waals surface area contributed by atoms with E-state index in [-0.39, 0.29) is 6.54 Å². The number of amides is 1. The summed E-state index contributed by atoms with van der Waals surface area (Å²) in [6.45, 7) is 5.80. The van der Waals surface area contributed by atoms with Crippen LogP contribution in [0.25, 0.3) is 0 Å². The maximum atomic E-state index is 12.2. The highest BCUT2D eigenvalue weighted by Crippen LogP contribution is 2.33. The van der Waals surface area contributed by atoms with Gasteiger partial charge in [-0.2, -0.15) is 4.98 Å². The number of anilines is 1. The second-order valence-electron chi connectivity index (χ2n) is 5.15. The van der Waals surface area contributed by atoms with Gasteiger partial charge in [0, 0.05) is 6.42 Å². The molecule has 0 N–H and O–H groups in total. The average molecular weight is 285 g/mol. The van der Waals surface area contributed by atoms with Gasteiger partial charge in [-0.3, -0.25) is 14.5 Å². The number of Topliss-reactive ketones (excluding diaryl/α,β-unsaturated/α-hetero) is 1. The predicted octanol–water partition coefficient (Wildman–Crippen LogP) is 1.98. The van der Waals surface area contributed by atoms with Gasteiger partial charge in [-0.15, -0.1) is 0 Å². The summed E-state index contributed by atoms with van der Waals surface area (Å²) in [5, 5.41) is 3.80. The third-order valence-corrected chi connectivity index (χ3v) is 3.54. The highest BCUT2D eigenvalue weighted by atomic mass is 16.5. The minimum absolute atomic E-state index is 0.119. The highest BCUT2D eigenvalue weighted by Gasteiger charge is 2.38. The predicted molar refractivity (Wildman–Crippen MR) is 75.1 cm³/mol. The molecule has 1 amide bonds. The largest absolute Gasteiger partial charge is 0.337 e. The second kappa shape index (κ2) is 4.80. The van der Waals surface area contributed by atoms with Crippen LogP contribution in [-0.2, 0) is 17.8 Å². The number of fused-ring (bicyclic) bond motifs is 1. The summed E-state index contributed by atoms with van der Waals surface area (Å²) in [5.74, 6) is -0.101. The van der Waals surface area contributed by atoms with Crippen molar-refractivity contribution in [1.29, 1.82) is 0 Å². The van der Waals surface area contributed by atoms with Crippen molar-refractivity contribution in [3.05, 3.63) is 40.5 Å². The van der Waals surface area contributed by atoms with Crippen molar-refractivity contribution >= 4 is 17.4 Å². The second-order valence-corrected chi connectivity index (χ2v) is 5.15. The molecule has 0 unspecified atom stereocenters. The van der Waals surface area contributed by atoms with Crippen LogP contribution in [0.3, 0.4) is 0 Å². The normalized spacial score (nSPS) is 14.0. The van der Waals surface area contributed by atoms with E-state index in [1.165, 1.54) is 4.90 Å². The lowest BCUT2D eigenvalue weighted by Crippen LogP contribution is -2.29. The molecule has 2 aromatic rings. The van der Waals surface area contributed by atoms with E-state index in [1.54, 1.807) is 0 Å². The maximum absolute atomic E-state index is 12.2. The molecule has 1 aliphatic heterocycles. The Bertz CT molecular complexity index is 749. The summed E-state index contributed by atoms with van der Waals surface area (Å²) in [4.78, 5) is 29.9. The van der Waals surface area contributed by atoms with E-state index in [1.807, 2.05) is 32.9 Å². The number of aromatic nitrogens is 2. The van der Waals surface area contributed by atoms with Crippen LogP contribution < -0.4 is 4.90 Å². The summed E-state index contributed by atoms with van der Waals surface area (Å²) in [6, 6.07) is 3.73. The van der Waals surface area contributed by atoms with Crippen molar-refractivity contribution in [2.45, 2.75) is 33.7 Å². The van der Waals surface area contributed by atoms with Crippen molar-refractivity contribution < 1.29 is 14.1 Å². The van der Waals surface area contributed by atoms with Crippen LogP contribution in [0.1, 0.15) is 40.1 Å². The lowest BCUT2D eigenvalue weighted by molar-refractivity contribution is -0.114. The quantitative estimate of drug-likeness (QED) is 0.806. The number of hydrogen-bond donors (Lipinski definition) is 0. The SMILES string of the molecule is CCc1noc(CN2C(=O)C(=O)c3c(C)cc(C)cc32)n1. The van der Waals surface area contributed by atoms with Crippen molar-refractivity contribution in [2.75, 3.05) is 4.90 Å². The number of rotatable bonds is 3. The number of benzene rings is 1. The number of carbonyl (C=O) groups excluding carboxylic acids is 2. The Morgan fingerprint density at radius 1 is 1.24 bits per heavy atom. The average Bonchev–Trinajstić information content (AvgIpc) is 2.98. The minimum Gasteiger partial charge on any atom is -0.337 e. The molecule has 108 valence electrons. The molecule has 0 saturated carbocycles. The van der Waals surface area contributed by atoms with Crippen LogP contribution in [0.4, 0.5) is 5.69 Å². The van der Waals surface area contributed by atoms with Crippen LogP contribution in [0.15, 0.2) is 16.7 Å². The molecule has 0 radical (unpaired) electrons. The first-order valence-corrected chi connectivity index (χ1v) is 6.80. The van der Waals surface area contributed by atoms with Gasteiger partial charge in [0.25, 0.3) is 11.7 Å². The smallest absolute Gasteiger partial charge is 0.299 e. The standard InChI is InChI=1S/C15H15N3O3/c1-4-11-16-12(21-17-11)7-18-10-6-8(2)5-9(3)13(10)14(19)15(18)20/h5-6H,4,7H2,1-3H3. The lowest BCUT2D eigenvalue weighted by Gasteiger charge is -2.14. The molecule has 0 spiro atoms. The summed E-state index contributed by atoms with van der Waals surface area (Å²) >= 11 is 0. The first-order valence-electron chi connectivity index (χ1n) is 6.80. The van der Waals surface area contributed by atoms with Crippen molar-refractivity contribution in [3.8, 4) is 0 Å². The molecule has 3 rings (SSSR count). The summed E-state index contributed by atoms with van der Waals surface area (Å²) in [7, 11) is 0. The molecular weight excluding hydrogens is 270 g/mol. The molecule has 0 bridgehead atoms. The van der Waals surface area contributed by atoms with Gasteiger partial charge in [-0.05, 0) is 31.0 Å². The van der Waals surface area contributed by atoms with E-state index in [2.05, 4.69) is 10.1 Å². The van der Waals surface area contributed by atoms with Gasteiger partial charge in [0.2, 0.25) is 5.89 Å². The monoisotopic (exact) mass is 285 g/mol. The maximum Gasteiger partial charge on any atom is 0.299 e. The molecular formula is C15H15N3O3. The lowest BCUT2D eigenvalue weighted by atomic mass is 10.0. The van der Waals surface area contributed by atoms with E-state index < -0.39 is 11.7 Å². The number of hydrogen-bond acceptors (Lipinski definition) is 5. The topological polar surface area (TPSA) is 76.3 Å². The minimum atomic E-state index is -0.546. The Kier molecular flexibility index (Phi) is 3.08. The zero-order chi connectivity index (χ0) is 15.1. The van der Waals surface area contributed by atoms with E-state index in [0.717, 1.165) is 11.1 Å². The molecule has 6 nitrogen and oxygen atoms in total. The summed E-state index contributed by atoms with van der Waals surface area (Å²) < 4.78 is 5.11. The van der Waals surface area contributed by atoms with Crippen LogP contribution >= 0.6 is 0 Å². The first-order chi connectivity index (χ1) is 10.0. The molecule has 0 atom stereocenters. The van der Waals surface area contributed by atoms with E-state index in [4.69, 9.17) is 4.52 Å². The van der Waals surface area contributed by atoms with Gasteiger partial charge in [0.05, 0.1) is 11.3 Å².